The lowest BCUT2D eigenvalue weighted by Gasteiger charge is -2.18. The van der Waals surface area contributed by atoms with Crippen LogP contribution in [0.3, 0.4) is 0 Å². The van der Waals surface area contributed by atoms with Crippen molar-refractivity contribution >= 4 is 34.5 Å². The average molecular weight is 330 g/mol. The van der Waals surface area contributed by atoms with Crippen LogP contribution in [-0.4, -0.2) is 11.9 Å². The lowest BCUT2D eigenvalue weighted by Crippen LogP contribution is -2.33. The molecular formula is C14H20BrNOS. The van der Waals surface area contributed by atoms with Crippen molar-refractivity contribution in [2.75, 3.05) is 0 Å². The summed E-state index contributed by atoms with van der Waals surface area (Å²) in [5.41, 5.74) is 0.623. The van der Waals surface area contributed by atoms with Gasteiger partial charge in [0.2, 0.25) is 0 Å². The summed E-state index contributed by atoms with van der Waals surface area (Å²) in [6, 6.07) is 5.66. The highest BCUT2D eigenvalue weighted by Crippen LogP contribution is 2.20. The Balaban J connectivity index is 2.65. The van der Waals surface area contributed by atoms with Crippen LogP contribution in [0.4, 0.5) is 0 Å². The van der Waals surface area contributed by atoms with E-state index in [-0.39, 0.29) is 11.9 Å². The van der Waals surface area contributed by atoms with Crippen molar-refractivity contribution in [1.29, 1.82) is 0 Å². The van der Waals surface area contributed by atoms with Gasteiger partial charge in [0, 0.05) is 15.4 Å². The van der Waals surface area contributed by atoms with Crippen LogP contribution in [0.5, 0.6) is 0 Å². The van der Waals surface area contributed by atoms with Crippen LogP contribution in [0, 0.1) is 5.92 Å². The molecule has 0 heterocycles. The number of hydrogen-bond acceptors (Lipinski definition) is 2. The molecule has 2 unspecified atom stereocenters. The predicted octanol–water partition coefficient (Wildman–Crippen LogP) is 4.29. The third kappa shape index (κ3) is 4.65. The van der Waals surface area contributed by atoms with Crippen LogP contribution in [0.15, 0.2) is 27.6 Å². The molecule has 0 saturated heterocycles. The molecule has 1 amide bonds. The van der Waals surface area contributed by atoms with Gasteiger partial charge in [-0.3, -0.25) is 4.79 Å². The zero-order valence-electron chi connectivity index (χ0n) is 11.0. The zero-order chi connectivity index (χ0) is 13.7. The van der Waals surface area contributed by atoms with Crippen molar-refractivity contribution in [2.45, 2.75) is 44.6 Å². The number of benzene rings is 1. The van der Waals surface area contributed by atoms with E-state index < -0.39 is 0 Å². The molecule has 0 bridgehead atoms. The second-order valence-electron chi connectivity index (χ2n) is 4.79. The molecule has 1 N–H and O–H groups in total. The van der Waals surface area contributed by atoms with Gasteiger partial charge in [-0.05, 0) is 37.5 Å². The third-order valence-corrected chi connectivity index (χ3v) is 3.90. The molecule has 0 aromatic heterocycles. The molecule has 2 atom stereocenters. The third-order valence-electron chi connectivity index (χ3n) is 3.03. The quantitative estimate of drug-likeness (QED) is 0.775. The second-order valence-corrected chi connectivity index (χ2v) is 6.18. The standard InChI is InChI=1S/C14H20BrNOS/c1-4-9(2)7-10(3)16-14(17)12-6-5-11(15)8-13(12)18/h5-6,8-10,18H,4,7H2,1-3H3,(H,16,17). The molecular weight excluding hydrogens is 310 g/mol. The van der Waals surface area contributed by atoms with Crippen LogP contribution >= 0.6 is 28.6 Å². The SMILES string of the molecule is CCC(C)CC(C)NC(=O)c1ccc(Br)cc1S. The normalized spacial score (nSPS) is 14.1. The topological polar surface area (TPSA) is 29.1 Å². The van der Waals surface area contributed by atoms with Crippen LogP contribution in [0.25, 0.3) is 0 Å². The van der Waals surface area contributed by atoms with Gasteiger partial charge in [0.15, 0.2) is 0 Å². The van der Waals surface area contributed by atoms with Gasteiger partial charge in [-0.2, -0.15) is 0 Å². The Morgan fingerprint density at radius 2 is 2.11 bits per heavy atom. The van der Waals surface area contributed by atoms with Gasteiger partial charge >= 0.3 is 0 Å². The van der Waals surface area contributed by atoms with E-state index in [0.29, 0.717) is 16.4 Å². The minimum atomic E-state index is -0.0525. The predicted molar refractivity (Wildman–Crippen MR) is 82.4 cm³/mol. The van der Waals surface area contributed by atoms with Gasteiger partial charge in [-0.25, -0.2) is 0 Å². The first-order valence-corrected chi connectivity index (χ1v) is 7.47. The van der Waals surface area contributed by atoms with Crippen LogP contribution in [-0.2, 0) is 0 Å². The van der Waals surface area contributed by atoms with E-state index >= 15 is 0 Å². The first-order valence-electron chi connectivity index (χ1n) is 6.23. The highest BCUT2D eigenvalue weighted by molar-refractivity contribution is 9.10. The van der Waals surface area contributed by atoms with Crippen molar-refractivity contribution in [3.05, 3.63) is 28.2 Å². The summed E-state index contributed by atoms with van der Waals surface area (Å²) in [4.78, 5) is 12.8. The molecule has 0 spiro atoms. The zero-order valence-corrected chi connectivity index (χ0v) is 13.5. The van der Waals surface area contributed by atoms with Gasteiger partial charge in [0.25, 0.3) is 5.91 Å². The van der Waals surface area contributed by atoms with E-state index in [1.54, 1.807) is 6.07 Å². The molecule has 0 fully saturated rings. The highest BCUT2D eigenvalue weighted by atomic mass is 79.9. The number of amides is 1. The molecule has 4 heteroatoms. The number of halogens is 1. The first-order chi connectivity index (χ1) is 8.43. The van der Waals surface area contributed by atoms with Crippen LogP contribution < -0.4 is 5.32 Å². The second kappa shape index (κ2) is 7.19. The molecule has 0 aliphatic carbocycles. The molecule has 0 saturated carbocycles. The van der Waals surface area contributed by atoms with Crippen LogP contribution in [0.1, 0.15) is 44.0 Å². The Hall–Kier alpha value is -0.480. The minimum absolute atomic E-state index is 0.0525. The molecule has 18 heavy (non-hydrogen) atoms. The lowest BCUT2D eigenvalue weighted by atomic mass is 10.00. The van der Waals surface area contributed by atoms with E-state index in [2.05, 4.69) is 47.7 Å². The summed E-state index contributed by atoms with van der Waals surface area (Å²) >= 11 is 7.68. The maximum Gasteiger partial charge on any atom is 0.252 e. The molecule has 1 aromatic carbocycles. The summed E-state index contributed by atoms with van der Waals surface area (Å²) in [5.74, 6) is 0.573. The van der Waals surface area contributed by atoms with Gasteiger partial charge in [-0.15, -0.1) is 12.6 Å². The smallest absolute Gasteiger partial charge is 0.252 e. The highest BCUT2D eigenvalue weighted by Gasteiger charge is 2.14. The summed E-state index contributed by atoms with van der Waals surface area (Å²) < 4.78 is 0.928. The number of nitrogens with one attached hydrogen (secondary N) is 1. The summed E-state index contributed by atoms with van der Waals surface area (Å²) in [6.07, 6.45) is 2.14. The van der Waals surface area contributed by atoms with Crippen molar-refractivity contribution < 1.29 is 4.79 Å². The Morgan fingerprint density at radius 3 is 2.67 bits per heavy atom. The van der Waals surface area contributed by atoms with E-state index in [4.69, 9.17) is 0 Å². The maximum atomic E-state index is 12.1. The van der Waals surface area contributed by atoms with Crippen molar-refractivity contribution in [3.63, 3.8) is 0 Å². The van der Waals surface area contributed by atoms with Gasteiger partial charge in [0.05, 0.1) is 5.56 Å². The summed E-state index contributed by atoms with van der Waals surface area (Å²) in [6.45, 7) is 6.41. The lowest BCUT2D eigenvalue weighted by molar-refractivity contribution is 0.0932. The largest absolute Gasteiger partial charge is 0.350 e. The van der Waals surface area contributed by atoms with Crippen LogP contribution in [0.2, 0.25) is 0 Å². The Labute approximate surface area is 123 Å². The number of rotatable bonds is 5. The summed E-state index contributed by atoms with van der Waals surface area (Å²) in [7, 11) is 0. The maximum absolute atomic E-state index is 12.1. The summed E-state index contributed by atoms with van der Waals surface area (Å²) in [5, 5.41) is 3.02. The Bertz CT molecular complexity index is 422. The van der Waals surface area contributed by atoms with Crippen molar-refractivity contribution in [1.82, 2.24) is 5.32 Å². The van der Waals surface area contributed by atoms with E-state index in [9.17, 15) is 4.79 Å². The van der Waals surface area contributed by atoms with Crippen molar-refractivity contribution in [2.24, 2.45) is 5.92 Å². The Morgan fingerprint density at radius 1 is 1.44 bits per heavy atom. The van der Waals surface area contributed by atoms with E-state index in [1.165, 1.54) is 0 Å². The number of thiol groups is 1. The molecule has 0 radical (unpaired) electrons. The fourth-order valence-corrected chi connectivity index (χ4v) is 2.68. The van der Waals surface area contributed by atoms with E-state index in [0.717, 1.165) is 17.3 Å². The van der Waals surface area contributed by atoms with Gasteiger partial charge in [0.1, 0.15) is 0 Å². The molecule has 100 valence electrons. The first kappa shape index (κ1) is 15.6. The monoisotopic (exact) mass is 329 g/mol. The molecule has 2 nitrogen and oxygen atoms in total. The molecule has 1 rings (SSSR count). The number of carbonyl (C=O) groups excluding carboxylic acids is 1. The van der Waals surface area contributed by atoms with Gasteiger partial charge < -0.3 is 5.32 Å². The number of hydrogen-bond donors (Lipinski definition) is 2. The molecule has 1 aromatic rings. The Kier molecular flexibility index (Phi) is 6.22. The van der Waals surface area contributed by atoms with Crippen molar-refractivity contribution in [3.8, 4) is 0 Å². The average Bonchev–Trinajstić information content (AvgIpc) is 2.28. The number of carbonyl (C=O) groups is 1. The fourth-order valence-electron chi connectivity index (χ4n) is 1.83. The fraction of sp³-hybridized carbons (Fsp3) is 0.500. The van der Waals surface area contributed by atoms with E-state index in [1.807, 2.05) is 19.1 Å². The van der Waals surface area contributed by atoms with Gasteiger partial charge in [-0.1, -0.05) is 36.2 Å². The molecule has 0 aliphatic heterocycles. The molecule has 0 aliphatic rings. The minimum Gasteiger partial charge on any atom is -0.350 e.